The monoisotopic (exact) mass is 400 g/mol. The predicted molar refractivity (Wildman–Crippen MR) is 92.7 cm³/mol. The predicted octanol–water partition coefficient (Wildman–Crippen LogP) is 4.22. The Kier molecular flexibility index (Phi) is 5.69. The number of nitrogens with zero attached hydrogens (tertiary/aromatic N) is 3. The van der Waals surface area contributed by atoms with Crippen molar-refractivity contribution >= 4 is 23.3 Å². The molecule has 3 rings (SSSR count). The summed E-state index contributed by atoms with van der Waals surface area (Å²) >= 11 is 5.81. The van der Waals surface area contributed by atoms with E-state index in [-0.39, 0.29) is 18.6 Å². The van der Waals surface area contributed by atoms with E-state index in [9.17, 15) is 18.0 Å². The highest BCUT2D eigenvalue weighted by Crippen LogP contribution is 2.28. The molecule has 1 fully saturated rings. The van der Waals surface area contributed by atoms with Crippen molar-refractivity contribution < 1.29 is 22.7 Å². The first-order chi connectivity index (χ1) is 12.8. The van der Waals surface area contributed by atoms with Crippen LogP contribution in [0.15, 0.2) is 36.5 Å². The maximum atomic E-state index is 12.7. The second-order valence-corrected chi connectivity index (χ2v) is 6.42. The number of nitrogens with one attached hydrogen (secondary N) is 1. The maximum absolute atomic E-state index is 12.7. The summed E-state index contributed by atoms with van der Waals surface area (Å²) < 4.78 is 43.7. The second-order valence-electron chi connectivity index (χ2n) is 5.99. The highest BCUT2D eigenvalue weighted by atomic mass is 35.5. The highest BCUT2D eigenvalue weighted by molar-refractivity contribution is 6.30. The molecule has 2 heterocycles. The van der Waals surface area contributed by atoms with Gasteiger partial charge in [-0.1, -0.05) is 11.6 Å². The lowest BCUT2D eigenvalue weighted by atomic mass is 10.1. The fourth-order valence-electron chi connectivity index (χ4n) is 2.66. The molecule has 1 aromatic carbocycles. The molecule has 1 saturated heterocycles. The zero-order valence-corrected chi connectivity index (χ0v) is 14.8. The average Bonchev–Trinajstić information content (AvgIpc) is 2.63. The van der Waals surface area contributed by atoms with Crippen molar-refractivity contribution in [2.75, 3.05) is 18.4 Å². The molecule has 0 spiro atoms. The van der Waals surface area contributed by atoms with Crippen molar-refractivity contribution in [3.05, 3.63) is 47.2 Å². The van der Waals surface area contributed by atoms with Gasteiger partial charge in [0.1, 0.15) is 6.10 Å². The number of rotatable bonds is 3. The average molecular weight is 401 g/mol. The lowest BCUT2D eigenvalue weighted by Gasteiger charge is -2.32. The molecule has 1 atom stereocenters. The van der Waals surface area contributed by atoms with E-state index in [2.05, 4.69) is 15.3 Å². The van der Waals surface area contributed by atoms with Crippen molar-refractivity contribution in [3.63, 3.8) is 0 Å². The molecule has 0 aliphatic carbocycles. The fraction of sp³-hybridized carbons (Fsp3) is 0.353. The summed E-state index contributed by atoms with van der Waals surface area (Å²) in [4.78, 5) is 21.0. The summed E-state index contributed by atoms with van der Waals surface area (Å²) in [6.45, 7) is 0.738. The number of urea groups is 1. The van der Waals surface area contributed by atoms with Gasteiger partial charge in [-0.3, -0.25) is 0 Å². The fourth-order valence-corrected chi connectivity index (χ4v) is 2.79. The van der Waals surface area contributed by atoms with E-state index in [0.29, 0.717) is 30.1 Å². The number of ether oxygens (including phenoxy) is 1. The molecule has 0 saturated carbocycles. The Morgan fingerprint density at radius 3 is 2.70 bits per heavy atom. The third-order valence-electron chi connectivity index (χ3n) is 3.96. The number of anilines is 1. The number of alkyl halides is 3. The first-order valence-electron chi connectivity index (χ1n) is 8.19. The van der Waals surface area contributed by atoms with Crippen LogP contribution in [0.4, 0.5) is 23.7 Å². The largest absolute Gasteiger partial charge is 0.458 e. The van der Waals surface area contributed by atoms with Gasteiger partial charge in [-0.05, 0) is 43.2 Å². The van der Waals surface area contributed by atoms with Gasteiger partial charge < -0.3 is 15.0 Å². The molecule has 10 heteroatoms. The minimum Gasteiger partial charge on any atom is -0.458 e. The Morgan fingerprint density at radius 1 is 1.26 bits per heavy atom. The molecular formula is C17H16ClF3N4O2. The Balaban J connectivity index is 1.60. The zero-order valence-electron chi connectivity index (χ0n) is 14.0. The molecular weight excluding hydrogens is 385 g/mol. The molecule has 1 aromatic heterocycles. The highest BCUT2D eigenvalue weighted by Gasteiger charge is 2.33. The molecule has 2 amide bonds. The van der Waals surface area contributed by atoms with Gasteiger partial charge >= 0.3 is 18.2 Å². The van der Waals surface area contributed by atoms with Crippen LogP contribution in [0.1, 0.15) is 18.5 Å². The minimum atomic E-state index is -4.57. The molecule has 1 aliphatic rings. The molecule has 1 N–H and O–H groups in total. The molecule has 0 bridgehead atoms. The molecule has 27 heavy (non-hydrogen) atoms. The summed E-state index contributed by atoms with van der Waals surface area (Å²) in [6.07, 6.45) is -2.82. The number of carbonyl (C=O) groups excluding carboxylic acids is 1. The number of amides is 2. The van der Waals surface area contributed by atoms with Crippen LogP contribution in [0.3, 0.4) is 0 Å². The van der Waals surface area contributed by atoms with Crippen LogP contribution in [0.25, 0.3) is 0 Å². The quantitative estimate of drug-likeness (QED) is 0.837. The Bertz CT molecular complexity index is 802. The van der Waals surface area contributed by atoms with Gasteiger partial charge in [-0.2, -0.15) is 18.2 Å². The number of hydrogen-bond acceptors (Lipinski definition) is 4. The first kappa shape index (κ1) is 19.2. The molecule has 144 valence electrons. The van der Waals surface area contributed by atoms with Crippen LogP contribution in [-0.2, 0) is 6.18 Å². The number of halogens is 4. The van der Waals surface area contributed by atoms with Crippen LogP contribution in [-0.4, -0.2) is 40.1 Å². The Morgan fingerprint density at radius 2 is 2.00 bits per heavy atom. The van der Waals surface area contributed by atoms with Gasteiger partial charge in [0.2, 0.25) is 0 Å². The second kappa shape index (κ2) is 7.99. The van der Waals surface area contributed by atoms with Crippen LogP contribution < -0.4 is 10.1 Å². The number of carbonyl (C=O) groups is 1. The van der Waals surface area contributed by atoms with E-state index >= 15 is 0 Å². The van der Waals surface area contributed by atoms with Crippen molar-refractivity contribution in [1.82, 2.24) is 14.9 Å². The van der Waals surface area contributed by atoms with Crippen molar-refractivity contribution in [2.45, 2.75) is 25.1 Å². The van der Waals surface area contributed by atoms with Gasteiger partial charge in [-0.25, -0.2) is 9.78 Å². The maximum Gasteiger partial charge on any atom is 0.433 e. The summed E-state index contributed by atoms with van der Waals surface area (Å²) in [7, 11) is 0. The summed E-state index contributed by atoms with van der Waals surface area (Å²) in [6, 6.07) is 6.77. The smallest absolute Gasteiger partial charge is 0.433 e. The lowest BCUT2D eigenvalue weighted by Crippen LogP contribution is -2.46. The number of likely N-dealkylation sites (tertiary alicyclic amines) is 1. The van der Waals surface area contributed by atoms with E-state index in [0.717, 1.165) is 12.3 Å². The van der Waals surface area contributed by atoms with Crippen molar-refractivity contribution in [1.29, 1.82) is 0 Å². The zero-order chi connectivity index (χ0) is 19.4. The van der Waals surface area contributed by atoms with Crippen molar-refractivity contribution in [3.8, 4) is 6.01 Å². The summed E-state index contributed by atoms with van der Waals surface area (Å²) in [5, 5.41) is 3.30. The number of hydrogen-bond donors (Lipinski definition) is 1. The molecule has 2 aromatic rings. The summed E-state index contributed by atoms with van der Waals surface area (Å²) in [5.41, 5.74) is -0.477. The van der Waals surface area contributed by atoms with Gasteiger partial charge in [0, 0.05) is 23.5 Å². The third-order valence-corrected chi connectivity index (χ3v) is 4.21. The SMILES string of the molecule is O=C(Nc1ccc(Cl)cc1)N1CCCC(Oc2nccc(C(F)(F)F)n2)C1. The van der Waals surface area contributed by atoms with Gasteiger partial charge in [0.15, 0.2) is 5.69 Å². The molecule has 6 nitrogen and oxygen atoms in total. The van der Waals surface area contributed by atoms with Gasteiger partial charge in [-0.15, -0.1) is 0 Å². The minimum absolute atomic E-state index is 0.221. The van der Waals surface area contributed by atoms with E-state index in [1.807, 2.05) is 0 Å². The first-order valence-corrected chi connectivity index (χ1v) is 8.57. The van der Waals surface area contributed by atoms with Crippen LogP contribution in [0.2, 0.25) is 5.02 Å². The normalized spacial score (nSPS) is 17.5. The van der Waals surface area contributed by atoms with Crippen LogP contribution in [0, 0.1) is 0 Å². The van der Waals surface area contributed by atoms with Gasteiger partial charge in [0.05, 0.1) is 6.54 Å². The van der Waals surface area contributed by atoms with Crippen molar-refractivity contribution in [2.24, 2.45) is 0 Å². The van der Waals surface area contributed by atoms with Gasteiger partial charge in [0.25, 0.3) is 0 Å². The lowest BCUT2D eigenvalue weighted by molar-refractivity contribution is -0.141. The Hall–Kier alpha value is -2.55. The van der Waals surface area contributed by atoms with Crippen LogP contribution in [0.5, 0.6) is 6.01 Å². The van der Waals surface area contributed by atoms with E-state index in [4.69, 9.17) is 16.3 Å². The molecule has 0 radical (unpaired) electrons. The third kappa shape index (κ3) is 5.22. The van der Waals surface area contributed by atoms with E-state index < -0.39 is 18.0 Å². The number of benzene rings is 1. The topological polar surface area (TPSA) is 67.4 Å². The number of piperidine rings is 1. The molecule has 1 unspecified atom stereocenters. The number of aromatic nitrogens is 2. The standard InChI is InChI=1S/C17H16ClF3N4O2/c18-11-3-5-12(6-4-11)23-16(26)25-9-1-2-13(10-25)27-15-22-8-7-14(24-15)17(19,20)21/h3-8,13H,1-2,9-10H2,(H,23,26). The van der Waals surface area contributed by atoms with E-state index in [1.54, 1.807) is 24.3 Å². The Labute approximate surface area is 158 Å². The van der Waals surface area contributed by atoms with Crippen LogP contribution >= 0.6 is 11.6 Å². The molecule has 1 aliphatic heterocycles. The van der Waals surface area contributed by atoms with E-state index in [1.165, 1.54) is 4.90 Å². The summed E-state index contributed by atoms with van der Waals surface area (Å²) in [5.74, 6) is 0.